The molecule has 1 heterocycles. The number of carbonyl (C=O) groups is 1. The van der Waals surface area contributed by atoms with Gasteiger partial charge in [-0.1, -0.05) is 53.4 Å². The fourth-order valence-electron chi connectivity index (χ4n) is 1.79. The Hall–Kier alpha value is -1.44. The third-order valence-electron chi connectivity index (χ3n) is 2.74. The highest BCUT2D eigenvalue weighted by atomic mass is 32.2. The SMILES string of the molecule is Cc1nnc(SCC(=O)N[C@@H](CO)Cc2ccccc2)s1. The molecule has 5 nitrogen and oxygen atoms in total. The number of carbonyl (C=O) groups excluding carboxylic acids is 1. The van der Waals surface area contributed by atoms with Crippen LogP contribution in [0, 0.1) is 6.92 Å². The molecule has 0 aliphatic rings. The highest BCUT2D eigenvalue weighted by molar-refractivity contribution is 8.01. The maximum Gasteiger partial charge on any atom is 0.230 e. The van der Waals surface area contributed by atoms with Crippen molar-refractivity contribution >= 4 is 29.0 Å². The molecule has 0 bridgehead atoms. The molecular formula is C14H17N3O2S2. The molecule has 21 heavy (non-hydrogen) atoms. The second kappa shape index (κ2) is 8.11. The molecule has 0 saturated carbocycles. The van der Waals surface area contributed by atoms with Gasteiger partial charge in [0.25, 0.3) is 0 Å². The van der Waals surface area contributed by atoms with E-state index in [2.05, 4.69) is 15.5 Å². The normalized spacial score (nSPS) is 12.1. The third kappa shape index (κ3) is 5.45. The Balaban J connectivity index is 1.79. The van der Waals surface area contributed by atoms with E-state index < -0.39 is 0 Å². The maximum absolute atomic E-state index is 11.9. The largest absolute Gasteiger partial charge is 0.394 e. The molecule has 1 atom stereocenters. The van der Waals surface area contributed by atoms with Gasteiger partial charge in [0, 0.05) is 0 Å². The fourth-order valence-corrected chi connectivity index (χ4v) is 3.42. The van der Waals surface area contributed by atoms with E-state index in [1.54, 1.807) is 0 Å². The zero-order valence-corrected chi connectivity index (χ0v) is 13.3. The zero-order chi connectivity index (χ0) is 15.1. The van der Waals surface area contributed by atoms with Gasteiger partial charge in [-0.05, 0) is 18.9 Å². The van der Waals surface area contributed by atoms with Crippen molar-refractivity contribution in [3.8, 4) is 0 Å². The Bertz CT molecular complexity index is 575. The van der Waals surface area contributed by atoms with Crippen molar-refractivity contribution in [2.45, 2.75) is 23.7 Å². The minimum Gasteiger partial charge on any atom is -0.394 e. The molecular weight excluding hydrogens is 306 g/mol. The summed E-state index contributed by atoms with van der Waals surface area (Å²) in [5, 5.41) is 21.0. The Labute approximate surface area is 131 Å². The minimum absolute atomic E-state index is 0.0801. The number of aromatic nitrogens is 2. The van der Waals surface area contributed by atoms with Crippen molar-refractivity contribution in [3.05, 3.63) is 40.9 Å². The Morgan fingerprint density at radius 3 is 2.76 bits per heavy atom. The molecule has 0 aliphatic carbocycles. The lowest BCUT2D eigenvalue weighted by Crippen LogP contribution is -2.40. The lowest BCUT2D eigenvalue weighted by atomic mass is 10.1. The van der Waals surface area contributed by atoms with Gasteiger partial charge in [-0.3, -0.25) is 4.79 Å². The summed E-state index contributed by atoms with van der Waals surface area (Å²) in [5.41, 5.74) is 1.09. The van der Waals surface area contributed by atoms with E-state index in [0.29, 0.717) is 6.42 Å². The van der Waals surface area contributed by atoms with Crippen molar-refractivity contribution < 1.29 is 9.90 Å². The van der Waals surface area contributed by atoms with Crippen molar-refractivity contribution in [1.29, 1.82) is 0 Å². The summed E-state index contributed by atoms with van der Waals surface area (Å²) >= 11 is 2.83. The van der Waals surface area contributed by atoms with Gasteiger partial charge in [0.15, 0.2) is 4.34 Å². The van der Waals surface area contributed by atoms with Gasteiger partial charge in [-0.15, -0.1) is 10.2 Å². The van der Waals surface area contributed by atoms with E-state index in [9.17, 15) is 9.90 Å². The van der Waals surface area contributed by atoms with Crippen molar-refractivity contribution in [2.75, 3.05) is 12.4 Å². The average molecular weight is 323 g/mol. The van der Waals surface area contributed by atoms with Crippen molar-refractivity contribution in [3.63, 3.8) is 0 Å². The molecule has 0 fully saturated rings. The van der Waals surface area contributed by atoms with E-state index in [1.807, 2.05) is 37.3 Å². The van der Waals surface area contributed by atoms with Crippen LogP contribution in [-0.4, -0.2) is 39.6 Å². The van der Waals surface area contributed by atoms with Gasteiger partial charge in [0.05, 0.1) is 18.4 Å². The molecule has 0 spiro atoms. The highest BCUT2D eigenvalue weighted by Gasteiger charge is 2.13. The first-order valence-electron chi connectivity index (χ1n) is 6.54. The number of aliphatic hydroxyl groups is 1. The number of hydrogen-bond acceptors (Lipinski definition) is 6. The third-order valence-corrected chi connectivity index (χ3v) is 4.72. The van der Waals surface area contributed by atoms with Crippen LogP contribution in [0.4, 0.5) is 0 Å². The topological polar surface area (TPSA) is 75.1 Å². The Morgan fingerprint density at radius 1 is 1.38 bits per heavy atom. The second-order valence-corrected chi connectivity index (χ2v) is 6.92. The van der Waals surface area contributed by atoms with Crippen LogP contribution in [0.25, 0.3) is 0 Å². The summed E-state index contributed by atoms with van der Waals surface area (Å²) < 4.78 is 0.784. The van der Waals surface area contributed by atoms with Crippen LogP contribution in [0.15, 0.2) is 34.7 Å². The number of amides is 1. The van der Waals surface area contributed by atoms with Gasteiger partial charge >= 0.3 is 0 Å². The van der Waals surface area contributed by atoms with Crippen LogP contribution in [-0.2, 0) is 11.2 Å². The standard InChI is InChI=1S/C14H17N3O2S2/c1-10-16-17-14(21-10)20-9-13(19)15-12(8-18)7-11-5-3-2-4-6-11/h2-6,12,18H,7-9H2,1H3,(H,15,19)/t12-/m1/s1. The van der Waals surface area contributed by atoms with E-state index in [0.717, 1.165) is 14.9 Å². The van der Waals surface area contributed by atoms with Crippen LogP contribution in [0.2, 0.25) is 0 Å². The molecule has 112 valence electrons. The molecule has 0 radical (unpaired) electrons. The van der Waals surface area contributed by atoms with Gasteiger partial charge in [0.2, 0.25) is 5.91 Å². The zero-order valence-electron chi connectivity index (χ0n) is 11.7. The first-order valence-corrected chi connectivity index (χ1v) is 8.34. The molecule has 7 heteroatoms. The van der Waals surface area contributed by atoms with Crippen LogP contribution in [0.3, 0.4) is 0 Å². The average Bonchev–Trinajstić information content (AvgIpc) is 2.91. The van der Waals surface area contributed by atoms with Crippen LogP contribution >= 0.6 is 23.1 Å². The molecule has 0 aliphatic heterocycles. The number of thioether (sulfide) groups is 1. The van der Waals surface area contributed by atoms with E-state index in [1.165, 1.54) is 23.1 Å². The molecule has 1 amide bonds. The summed E-state index contributed by atoms with van der Waals surface area (Å²) in [6.07, 6.45) is 0.617. The smallest absolute Gasteiger partial charge is 0.230 e. The van der Waals surface area contributed by atoms with Gasteiger partial charge in [-0.2, -0.15) is 0 Å². The predicted molar refractivity (Wildman–Crippen MR) is 84.5 cm³/mol. The first kappa shape index (κ1) is 15.9. The van der Waals surface area contributed by atoms with Crippen molar-refractivity contribution in [1.82, 2.24) is 15.5 Å². The highest BCUT2D eigenvalue weighted by Crippen LogP contribution is 2.21. The number of hydrogen-bond donors (Lipinski definition) is 2. The Morgan fingerprint density at radius 2 is 2.14 bits per heavy atom. The first-order chi connectivity index (χ1) is 10.2. The number of rotatable bonds is 7. The molecule has 2 aromatic rings. The lowest BCUT2D eigenvalue weighted by Gasteiger charge is -2.16. The van der Waals surface area contributed by atoms with Gasteiger partial charge < -0.3 is 10.4 Å². The number of aliphatic hydroxyl groups excluding tert-OH is 1. The summed E-state index contributed by atoms with van der Waals surface area (Å²) in [6, 6.07) is 9.52. The van der Waals surface area contributed by atoms with Gasteiger partial charge in [-0.25, -0.2) is 0 Å². The van der Waals surface area contributed by atoms with E-state index >= 15 is 0 Å². The monoisotopic (exact) mass is 323 g/mol. The molecule has 1 aromatic carbocycles. The molecule has 1 aromatic heterocycles. The lowest BCUT2D eigenvalue weighted by molar-refractivity contribution is -0.119. The summed E-state index contributed by atoms with van der Waals surface area (Å²) in [4.78, 5) is 11.9. The maximum atomic E-state index is 11.9. The summed E-state index contributed by atoms with van der Waals surface area (Å²) in [5.74, 6) is 0.169. The number of benzene rings is 1. The Kier molecular flexibility index (Phi) is 6.16. The molecule has 0 saturated heterocycles. The molecule has 0 unspecified atom stereocenters. The van der Waals surface area contributed by atoms with E-state index in [-0.39, 0.29) is 24.3 Å². The fraction of sp³-hybridized carbons (Fsp3) is 0.357. The van der Waals surface area contributed by atoms with Gasteiger partial charge in [0.1, 0.15) is 5.01 Å². The number of nitrogens with one attached hydrogen (secondary N) is 1. The van der Waals surface area contributed by atoms with Crippen LogP contribution in [0.5, 0.6) is 0 Å². The minimum atomic E-state index is -0.267. The van der Waals surface area contributed by atoms with Crippen molar-refractivity contribution in [2.24, 2.45) is 0 Å². The van der Waals surface area contributed by atoms with Crippen LogP contribution < -0.4 is 5.32 Å². The summed E-state index contributed by atoms with van der Waals surface area (Å²) in [7, 11) is 0. The molecule has 2 N–H and O–H groups in total. The van der Waals surface area contributed by atoms with E-state index in [4.69, 9.17) is 0 Å². The number of aryl methyl sites for hydroxylation is 1. The van der Waals surface area contributed by atoms with Crippen LogP contribution in [0.1, 0.15) is 10.6 Å². The molecule has 2 rings (SSSR count). The second-order valence-electron chi connectivity index (χ2n) is 4.51. The number of nitrogens with zero attached hydrogens (tertiary/aromatic N) is 2. The summed E-state index contributed by atoms with van der Waals surface area (Å²) in [6.45, 7) is 1.80. The predicted octanol–water partition coefficient (Wildman–Crippen LogP) is 1.66. The quantitative estimate of drug-likeness (QED) is 0.758.